The SMILES string of the molecule is COc1ccc(CN(C(=O)c2ccc(OCC(=O)OC3CCCCC3)cc2)C2CCN(C3CCNCC3)CC2)cc1. The molecule has 1 amide bonds. The lowest BCUT2D eigenvalue weighted by Crippen LogP contribution is -2.51. The summed E-state index contributed by atoms with van der Waals surface area (Å²) in [6, 6.07) is 15.9. The van der Waals surface area contributed by atoms with Gasteiger partial charge in [0.1, 0.15) is 17.6 Å². The number of piperidine rings is 2. The zero-order valence-electron chi connectivity index (χ0n) is 24.4. The largest absolute Gasteiger partial charge is 0.497 e. The summed E-state index contributed by atoms with van der Waals surface area (Å²) >= 11 is 0. The van der Waals surface area contributed by atoms with Crippen molar-refractivity contribution >= 4 is 11.9 Å². The van der Waals surface area contributed by atoms with Crippen molar-refractivity contribution in [2.45, 2.75) is 82.5 Å². The second-order valence-corrected chi connectivity index (χ2v) is 11.6. The van der Waals surface area contributed by atoms with Gasteiger partial charge in [-0.05, 0) is 106 Å². The molecule has 0 aromatic heterocycles. The monoisotopic (exact) mass is 563 g/mol. The highest BCUT2D eigenvalue weighted by Crippen LogP contribution is 2.26. The molecule has 41 heavy (non-hydrogen) atoms. The number of hydrogen-bond acceptors (Lipinski definition) is 7. The Bertz CT molecular complexity index is 1100. The van der Waals surface area contributed by atoms with Crippen LogP contribution in [0.1, 0.15) is 73.7 Å². The number of esters is 1. The van der Waals surface area contributed by atoms with Crippen LogP contribution in [0.15, 0.2) is 48.5 Å². The number of methoxy groups -OCH3 is 1. The molecule has 0 bridgehead atoms. The number of rotatable bonds is 10. The van der Waals surface area contributed by atoms with E-state index in [1.54, 1.807) is 31.4 Å². The van der Waals surface area contributed by atoms with Gasteiger partial charge < -0.3 is 29.3 Å². The summed E-state index contributed by atoms with van der Waals surface area (Å²) in [5.74, 6) is 1.04. The van der Waals surface area contributed by atoms with Crippen molar-refractivity contribution in [3.05, 3.63) is 59.7 Å². The van der Waals surface area contributed by atoms with Crippen LogP contribution in [0.5, 0.6) is 11.5 Å². The van der Waals surface area contributed by atoms with Crippen molar-refractivity contribution in [1.82, 2.24) is 15.1 Å². The van der Waals surface area contributed by atoms with E-state index in [2.05, 4.69) is 10.2 Å². The number of benzene rings is 2. The molecule has 1 saturated carbocycles. The molecular weight excluding hydrogens is 518 g/mol. The second-order valence-electron chi connectivity index (χ2n) is 11.6. The molecule has 0 atom stereocenters. The molecule has 8 heteroatoms. The Hall–Kier alpha value is -3.10. The average molecular weight is 564 g/mol. The van der Waals surface area contributed by atoms with E-state index in [0.29, 0.717) is 23.9 Å². The molecule has 2 heterocycles. The highest BCUT2D eigenvalue weighted by Gasteiger charge is 2.31. The smallest absolute Gasteiger partial charge is 0.344 e. The van der Waals surface area contributed by atoms with Gasteiger partial charge in [-0.3, -0.25) is 4.79 Å². The molecule has 2 aromatic carbocycles. The summed E-state index contributed by atoms with van der Waals surface area (Å²) in [6.45, 7) is 4.65. The summed E-state index contributed by atoms with van der Waals surface area (Å²) in [5, 5.41) is 3.46. The van der Waals surface area contributed by atoms with Crippen LogP contribution in [0, 0.1) is 0 Å². The zero-order valence-corrected chi connectivity index (χ0v) is 24.4. The van der Waals surface area contributed by atoms with E-state index in [0.717, 1.165) is 76.0 Å². The van der Waals surface area contributed by atoms with Crippen LogP contribution in [-0.2, 0) is 16.1 Å². The Morgan fingerprint density at radius 2 is 1.51 bits per heavy atom. The minimum atomic E-state index is -0.335. The van der Waals surface area contributed by atoms with Crippen molar-refractivity contribution < 1.29 is 23.8 Å². The van der Waals surface area contributed by atoms with Crippen molar-refractivity contribution in [1.29, 1.82) is 0 Å². The first-order valence-corrected chi connectivity index (χ1v) is 15.4. The van der Waals surface area contributed by atoms with E-state index in [9.17, 15) is 9.59 Å². The van der Waals surface area contributed by atoms with Gasteiger partial charge in [0, 0.05) is 37.3 Å². The van der Waals surface area contributed by atoms with Crippen LogP contribution in [0.25, 0.3) is 0 Å². The lowest BCUT2D eigenvalue weighted by Gasteiger charge is -2.42. The highest BCUT2D eigenvalue weighted by molar-refractivity contribution is 5.94. The van der Waals surface area contributed by atoms with Crippen LogP contribution in [0.3, 0.4) is 0 Å². The Morgan fingerprint density at radius 3 is 2.17 bits per heavy atom. The third kappa shape index (κ3) is 8.23. The van der Waals surface area contributed by atoms with Crippen molar-refractivity contribution in [3.63, 3.8) is 0 Å². The van der Waals surface area contributed by atoms with Crippen LogP contribution >= 0.6 is 0 Å². The molecule has 1 aliphatic carbocycles. The van der Waals surface area contributed by atoms with Crippen molar-refractivity contribution in [2.24, 2.45) is 0 Å². The topological polar surface area (TPSA) is 80.3 Å². The van der Waals surface area contributed by atoms with Crippen LogP contribution in [-0.4, -0.2) is 79.8 Å². The molecule has 2 aromatic rings. The fourth-order valence-electron chi connectivity index (χ4n) is 6.43. The van der Waals surface area contributed by atoms with Gasteiger partial charge in [-0.2, -0.15) is 0 Å². The molecule has 3 fully saturated rings. The standard InChI is InChI=1S/C33H45N3O5/c1-39-29-11-7-25(8-12-29)23-36(28-17-21-35(22-18-28)27-15-19-34-20-16-27)33(38)26-9-13-30(14-10-26)40-24-32(37)41-31-5-3-2-4-6-31/h7-14,27-28,31,34H,2-6,15-24H2,1H3. The van der Waals surface area contributed by atoms with E-state index >= 15 is 0 Å². The quantitative estimate of drug-likeness (QED) is 0.416. The van der Waals surface area contributed by atoms with E-state index < -0.39 is 0 Å². The van der Waals surface area contributed by atoms with Crippen LogP contribution in [0.2, 0.25) is 0 Å². The molecule has 3 aliphatic rings. The predicted octanol–water partition coefficient (Wildman–Crippen LogP) is 4.81. The molecular formula is C33H45N3O5. The van der Waals surface area contributed by atoms with Gasteiger partial charge >= 0.3 is 5.97 Å². The maximum Gasteiger partial charge on any atom is 0.344 e. The van der Waals surface area contributed by atoms with Gasteiger partial charge in [-0.15, -0.1) is 0 Å². The number of amides is 1. The Balaban J connectivity index is 1.21. The van der Waals surface area contributed by atoms with Gasteiger partial charge in [0.25, 0.3) is 5.91 Å². The lowest BCUT2D eigenvalue weighted by atomic mass is 9.96. The van der Waals surface area contributed by atoms with Gasteiger partial charge in [0.2, 0.25) is 0 Å². The van der Waals surface area contributed by atoms with E-state index in [-0.39, 0.29) is 30.6 Å². The molecule has 0 spiro atoms. The lowest BCUT2D eigenvalue weighted by molar-refractivity contribution is -0.152. The first-order valence-electron chi connectivity index (χ1n) is 15.4. The van der Waals surface area contributed by atoms with Gasteiger partial charge in [-0.1, -0.05) is 18.6 Å². The minimum Gasteiger partial charge on any atom is -0.497 e. The van der Waals surface area contributed by atoms with Gasteiger partial charge in [0.05, 0.1) is 7.11 Å². The maximum absolute atomic E-state index is 13.9. The van der Waals surface area contributed by atoms with E-state index in [4.69, 9.17) is 14.2 Å². The van der Waals surface area contributed by atoms with E-state index in [1.807, 2.05) is 29.2 Å². The number of ether oxygens (including phenoxy) is 3. The summed E-state index contributed by atoms with van der Waals surface area (Å²) < 4.78 is 16.6. The van der Waals surface area contributed by atoms with Gasteiger partial charge in [-0.25, -0.2) is 4.79 Å². The van der Waals surface area contributed by atoms with Gasteiger partial charge in [0.15, 0.2) is 6.61 Å². The maximum atomic E-state index is 13.9. The normalized spacial score (nSPS) is 19.4. The number of likely N-dealkylation sites (tertiary alicyclic amines) is 1. The summed E-state index contributed by atoms with van der Waals surface area (Å²) in [5.41, 5.74) is 1.70. The Morgan fingerprint density at radius 1 is 0.854 bits per heavy atom. The Kier molecular flexibility index (Phi) is 10.5. The molecule has 8 nitrogen and oxygen atoms in total. The third-order valence-corrected chi connectivity index (χ3v) is 8.85. The summed E-state index contributed by atoms with van der Waals surface area (Å²) in [4.78, 5) is 30.8. The average Bonchev–Trinajstić information content (AvgIpc) is 3.04. The molecule has 0 radical (unpaired) electrons. The third-order valence-electron chi connectivity index (χ3n) is 8.85. The highest BCUT2D eigenvalue weighted by atomic mass is 16.6. The molecule has 1 N–H and O–H groups in total. The first kappa shape index (κ1) is 29.4. The fourth-order valence-corrected chi connectivity index (χ4v) is 6.43. The number of hydrogen-bond donors (Lipinski definition) is 1. The minimum absolute atomic E-state index is 0.0167. The number of nitrogens with one attached hydrogen (secondary N) is 1. The number of carbonyl (C=O) groups excluding carboxylic acids is 2. The molecule has 2 saturated heterocycles. The predicted molar refractivity (Wildman–Crippen MR) is 158 cm³/mol. The van der Waals surface area contributed by atoms with Crippen LogP contribution < -0.4 is 14.8 Å². The number of carbonyl (C=O) groups is 2. The molecule has 222 valence electrons. The Labute approximate surface area is 244 Å². The first-order chi connectivity index (χ1) is 20.1. The second kappa shape index (κ2) is 14.7. The number of nitrogens with zero attached hydrogens (tertiary/aromatic N) is 2. The van der Waals surface area contributed by atoms with E-state index in [1.165, 1.54) is 19.3 Å². The zero-order chi connectivity index (χ0) is 28.4. The molecule has 5 rings (SSSR count). The summed E-state index contributed by atoms with van der Waals surface area (Å²) in [7, 11) is 1.66. The van der Waals surface area contributed by atoms with Crippen molar-refractivity contribution in [3.8, 4) is 11.5 Å². The summed E-state index contributed by atoms with van der Waals surface area (Å²) in [6.07, 6.45) is 9.67. The molecule has 2 aliphatic heterocycles. The van der Waals surface area contributed by atoms with Crippen LogP contribution in [0.4, 0.5) is 0 Å². The fraction of sp³-hybridized carbons (Fsp3) is 0.576. The van der Waals surface area contributed by atoms with Crippen molar-refractivity contribution in [2.75, 3.05) is 39.9 Å². The molecule has 0 unspecified atom stereocenters.